The largest absolute Gasteiger partial charge is 0.486 e. The molecule has 1 aromatic carbocycles. The molecule has 21 heavy (non-hydrogen) atoms. The highest BCUT2D eigenvalue weighted by atomic mass is 16.7. The van der Waals surface area contributed by atoms with Crippen LogP contribution in [0.2, 0.25) is 0 Å². The maximum absolute atomic E-state index is 11.0. The summed E-state index contributed by atoms with van der Waals surface area (Å²) in [6.07, 6.45) is 2.70. The van der Waals surface area contributed by atoms with Crippen molar-refractivity contribution in [3.05, 3.63) is 23.8 Å². The Kier molecular flexibility index (Phi) is 3.10. The highest BCUT2D eigenvalue weighted by Crippen LogP contribution is 2.46. The summed E-state index contributed by atoms with van der Waals surface area (Å²) in [4.78, 5) is 0. The van der Waals surface area contributed by atoms with E-state index in [0.717, 1.165) is 29.9 Å². The Bertz CT molecular complexity index is 525. The minimum Gasteiger partial charge on any atom is -0.486 e. The first-order valence-corrected chi connectivity index (χ1v) is 7.60. The van der Waals surface area contributed by atoms with Crippen molar-refractivity contribution in [3.63, 3.8) is 0 Å². The van der Waals surface area contributed by atoms with E-state index in [-0.39, 0.29) is 0 Å². The fraction of sp³-hybridized carbons (Fsp3) is 0.625. The van der Waals surface area contributed by atoms with E-state index >= 15 is 0 Å². The topological polar surface area (TPSA) is 57.2 Å². The third kappa shape index (κ3) is 2.29. The first-order chi connectivity index (χ1) is 10.2. The lowest BCUT2D eigenvalue weighted by atomic mass is 9.77. The van der Waals surface area contributed by atoms with Crippen LogP contribution in [-0.4, -0.2) is 37.3 Å². The maximum Gasteiger partial charge on any atom is 0.168 e. The molecule has 0 radical (unpaired) electrons. The van der Waals surface area contributed by atoms with Crippen LogP contribution in [0, 0.1) is 0 Å². The molecule has 4 rings (SSSR count). The van der Waals surface area contributed by atoms with Gasteiger partial charge in [0.15, 0.2) is 17.3 Å². The van der Waals surface area contributed by atoms with Gasteiger partial charge in [0.2, 0.25) is 0 Å². The molecule has 5 heteroatoms. The van der Waals surface area contributed by atoms with Gasteiger partial charge in [0.25, 0.3) is 0 Å². The summed E-state index contributed by atoms with van der Waals surface area (Å²) >= 11 is 0. The number of hydrogen-bond acceptors (Lipinski definition) is 5. The predicted octanol–water partition coefficient (Wildman–Crippen LogP) is 1.96. The zero-order chi connectivity index (χ0) is 14.3. The van der Waals surface area contributed by atoms with Gasteiger partial charge in [-0.15, -0.1) is 0 Å². The second kappa shape index (κ2) is 4.87. The van der Waals surface area contributed by atoms with E-state index < -0.39 is 11.4 Å². The molecule has 1 saturated carbocycles. The molecule has 2 heterocycles. The number of ether oxygens (including phenoxy) is 4. The SMILES string of the molecule is OC1(c2ccc3c(c2)OCCO3)CCC2(CC1)OCCO2. The predicted molar refractivity (Wildman–Crippen MR) is 74.4 cm³/mol. The normalized spacial score (nSPS) is 26.0. The van der Waals surface area contributed by atoms with Crippen LogP contribution < -0.4 is 9.47 Å². The van der Waals surface area contributed by atoms with Gasteiger partial charge in [-0.3, -0.25) is 0 Å². The molecule has 114 valence electrons. The molecule has 0 atom stereocenters. The van der Waals surface area contributed by atoms with Gasteiger partial charge in [0, 0.05) is 12.8 Å². The van der Waals surface area contributed by atoms with Crippen molar-refractivity contribution in [2.45, 2.75) is 37.1 Å². The summed E-state index contributed by atoms with van der Waals surface area (Å²) in [7, 11) is 0. The van der Waals surface area contributed by atoms with Gasteiger partial charge in [-0.25, -0.2) is 0 Å². The Hall–Kier alpha value is -1.30. The first kappa shape index (κ1) is 13.4. The molecule has 5 nitrogen and oxygen atoms in total. The molecular formula is C16H20O5. The zero-order valence-corrected chi connectivity index (χ0v) is 12.0. The van der Waals surface area contributed by atoms with Crippen LogP contribution in [0.1, 0.15) is 31.2 Å². The summed E-state index contributed by atoms with van der Waals surface area (Å²) < 4.78 is 22.6. The third-order valence-electron chi connectivity index (χ3n) is 4.73. The van der Waals surface area contributed by atoms with Gasteiger partial charge in [-0.05, 0) is 30.5 Å². The van der Waals surface area contributed by atoms with Crippen LogP contribution in [0.25, 0.3) is 0 Å². The molecule has 2 aliphatic heterocycles. The van der Waals surface area contributed by atoms with E-state index in [0.29, 0.717) is 39.3 Å². The Morgan fingerprint density at radius 1 is 0.810 bits per heavy atom. The van der Waals surface area contributed by atoms with Gasteiger partial charge in [0.1, 0.15) is 13.2 Å². The Morgan fingerprint density at radius 3 is 2.19 bits per heavy atom. The number of benzene rings is 1. The Morgan fingerprint density at radius 2 is 1.48 bits per heavy atom. The van der Waals surface area contributed by atoms with Crippen molar-refractivity contribution in [2.24, 2.45) is 0 Å². The smallest absolute Gasteiger partial charge is 0.168 e. The molecule has 1 N–H and O–H groups in total. The number of fused-ring (bicyclic) bond motifs is 1. The summed E-state index contributed by atoms with van der Waals surface area (Å²) in [5.41, 5.74) is 0.0516. The standard InChI is InChI=1S/C16H20O5/c17-15(3-5-16(6-4-15)20-9-10-21-16)12-1-2-13-14(11-12)19-8-7-18-13/h1-2,11,17H,3-10H2. The molecule has 0 amide bonds. The second-order valence-electron chi connectivity index (χ2n) is 6.00. The first-order valence-electron chi connectivity index (χ1n) is 7.60. The summed E-state index contributed by atoms with van der Waals surface area (Å²) in [6, 6.07) is 5.72. The number of hydrogen-bond donors (Lipinski definition) is 1. The highest BCUT2D eigenvalue weighted by molar-refractivity contribution is 5.45. The molecule has 1 saturated heterocycles. The third-order valence-corrected chi connectivity index (χ3v) is 4.73. The lowest BCUT2D eigenvalue weighted by molar-refractivity contribution is -0.204. The Balaban J connectivity index is 1.55. The molecule has 1 spiro atoms. The van der Waals surface area contributed by atoms with E-state index in [1.54, 1.807) is 0 Å². The van der Waals surface area contributed by atoms with E-state index in [9.17, 15) is 5.11 Å². The minimum absolute atomic E-state index is 0.458. The molecular weight excluding hydrogens is 272 g/mol. The van der Waals surface area contributed by atoms with Crippen LogP contribution in [0.15, 0.2) is 18.2 Å². The number of aliphatic hydroxyl groups is 1. The minimum atomic E-state index is -0.837. The molecule has 0 aromatic heterocycles. The van der Waals surface area contributed by atoms with E-state index in [2.05, 4.69) is 0 Å². The van der Waals surface area contributed by atoms with Crippen LogP contribution in [0.4, 0.5) is 0 Å². The fourth-order valence-electron chi connectivity index (χ4n) is 3.45. The lowest BCUT2D eigenvalue weighted by Gasteiger charge is -2.41. The number of rotatable bonds is 1. The monoisotopic (exact) mass is 292 g/mol. The van der Waals surface area contributed by atoms with Crippen molar-refractivity contribution >= 4 is 0 Å². The fourth-order valence-corrected chi connectivity index (χ4v) is 3.45. The summed E-state index contributed by atoms with van der Waals surface area (Å²) in [5, 5.41) is 11.0. The molecule has 1 aromatic rings. The summed E-state index contributed by atoms with van der Waals surface area (Å²) in [6.45, 7) is 2.44. The molecule has 0 unspecified atom stereocenters. The van der Waals surface area contributed by atoms with Crippen LogP contribution in [-0.2, 0) is 15.1 Å². The van der Waals surface area contributed by atoms with Crippen molar-refractivity contribution in [3.8, 4) is 11.5 Å². The Labute approximate surface area is 123 Å². The molecule has 2 fully saturated rings. The highest BCUT2D eigenvalue weighted by Gasteiger charge is 2.46. The van der Waals surface area contributed by atoms with Crippen molar-refractivity contribution in [1.29, 1.82) is 0 Å². The molecule has 0 bridgehead atoms. The van der Waals surface area contributed by atoms with Gasteiger partial charge in [-0.1, -0.05) is 6.07 Å². The molecule has 3 aliphatic rings. The van der Waals surface area contributed by atoms with Crippen LogP contribution >= 0.6 is 0 Å². The van der Waals surface area contributed by atoms with E-state index in [4.69, 9.17) is 18.9 Å². The lowest BCUT2D eigenvalue weighted by Crippen LogP contribution is -2.42. The quantitative estimate of drug-likeness (QED) is 0.857. The second-order valence-corrected chi connectivity index (χ2v) is 6.00. The zero-order valence-electron chi connectivity index (χ0n) is 12.0. The van der Waals surface area contributed by atoms with E-state index in [1.807, 2.05) is 18.2 Å². The van der Waals surface area contributed by atoms with Gasteiger partial charge in [-0.2, -0.15) is 0 Å². The molecule has 1 aliphatic carbocycles. The average molecular weight is 292 g/mol. The van der Waals surface area contributed by atoms with Gasteiger partial charge >= 0.3 is 0 Å². The van der Waals surface area contributed by atoms with Crippen LogP contribution in [0.3, 0.4) is 0 Å². The van der Waals surface area contributed by atoms with Crippen LogP contribution in [0.5, 0.6) is 11.5 Å². The van der Waals surface area contributed by atoms with Gasteiger partial charge in [0.05, 0.1) is 18.8 Å². The van der Waals surface area contributed by atoms with Crippen molar-refractivity contribution < 1.29 is 24.1 Å². The van der Waals surface area contributed by atoms with Crippen molar-refractivity contribution in [1.82, 2.24) is 0 Å². The average Bonchev–Trinajstić information content (AvgIpc) is 2.99. The van der Waals surface area contributed by atoms with E-state index in [1.165, 1.54) is 0 Å². The van der Waals surface area contributed by atoms with Gasteiger partial charge < -0.3 is 24.1 Å². The summed E-state index contributed by atoms with van der Waals surface area (Å²) in [5.74, 6) is 1.02. The maximum atomic E-state index is 11.0. The van der Waals surface area contributed by atoms with Crippen molar-refractivity contribution in [2.75, 3.05) is 26.4 Å².